The van der Waals surface area contributed by atoms with Gasteiger partial charge in [-0.1, -0.05) is 5.16 Å². The third-order valence-electron chi connectivity index (χ3n) is 4.00. The lowest BCUT2D eigenvalue weighted by molar-refractivity contribution is 0.104. The number of anilines is 2. The maximum absolute atomic E-state index is 12.5. The fourth-order valence-corrected chi connectivity index (χ4v) is 3.29. The Morgan fingerprint density at radius 1 is 1.07 bits per heavy atom. The van der Waals surface area contributed by atoms with E-state index in [1.807, 2.05) is 0 Å². The number of aromatic nitrogens is 2. The van der Waals surface area contributed by atoms with Crippen molar-refractivity contribution in [2.45, 2.75) is 18.7 Å². The van der Waals surface area contributed by atoms with Gasteiger partial charge in [-0.05, 0) is 50.2 Å². The Kier molecular flexibility index (Phi) is 5.55. The van der Waals surface area contributed by atoms with Crippen LogP contribution in [0.4, 0.5) is 11.6 Å². The first-order valence-corrected chi connectivity index (χ1v) is 9.78. The molecule has 3 aromatic rings. The van der Waals surface area contributed by atoms with E-state index in [0.29, 0.717) is 22.5 Å². The summed E-state index contributed by atoms with van der Waals surface area (Å²) >= 11 is 0. The second-order valence-corrected chi connectivity index (χ2v) is 7.61. The predicted molar refractivity (Wildman–Crippen MR) is 105 cm³/mol. The minimum atomic E-state index is -3.80. The summed E-state index contributed by atoms with van der Waals surface area (Å²) in [5, 5.41) is 6.65. The van der Waals surface area contributed by atoms with Crippen molar-refractivity contribution >= 4 is 27.4 Å². The highest BCUT2D eigenvalue weighted by atomic mass is 32.2. The van der Waals surface area contributed by atoms with Crippen molar-refractivity contribution in [3.63, 3.8) is 0 Å². The second-order valence-electron chi connectivity index (χ2n) is 5.93. The molecule has 2 N–H and O–H groups in total. The Bertz CT molecular complexity index is 1100. The molecular formula is C19H18N4O4S. The fourth-order valence-electron chi connectivity index (χ4n) is 2.25. The minimum Gasteiger partial charge on any atom is -0.362 e. The molecule has 0 bridgehead atoms. The van der Waals surface area contributed by atoms with Gasteiger partial charge in [0.15, 0.2) is 5.78 Å². The number of hydrogen-bond donors (Lipinski definition) is 2. The standard InChI is InChI=1S/C19H18N4O4S/c1-13-14(2)22-27-19(13)23-28(25,26)17-5-3-16(4-6-17)21-12-9-18(24)15-7-10-20-11-8-15/h3-12,21,23H,1-2H3. The van der Waals surface area contributed by atoms with Gasteiger partial charge in [-0.25, -0.2) is 13.1 Å². The lowest BCUT2D eigenvalue weighted by Crippen LogP contribution is -2.13. The number of sulfonamides is 1. The SMILES string of the molecule is Cc1noc(NS(=O)(=O)c2ccc(NC=CC(=O)c3ccncc3)cc2)c1C. The maximum atomic E-state index is 12.5. The highest BCUT2D eigenvalue weighted by Crippen LogP contribution is 2.22. The highest BCUT2D eigenvalue weighted by Gasteiger charge is 2.18. The number of nitrogens with one attached hydrogen (secondary N) is 2. The molecule has 1 aromatic carbocycles. The number of nitrogens with zero attached hydrogens (tertiary/aromatic N) is 2. The monoisotopic (exact) mass is 398 g/mol. The normalized spacial score (nSPS) is 11.5. The van der Waals surface area contributed by atoms with Crippen molar-refractivity contribution in [2.75, 3.05) is 10.0 Å². The minimum absolute atomic E-state index is 0.0725. The average molecular weight is 398 g/mol. The first kappa shape index (κ1) is 19.3. The summed E-state index contributed by atoms with van der Waals surface area (Å²) in [5.41, 5.74) is 2.40. The van der Waals surface area contributed by atoms with Crippen LogP contribution in [0.2, 0.25) is 0 Å². The molecular weight excluding hydrogens is 380 g/mol. The van der Waals surface area contributed by atoms with E-state index in [1.165, 1.54) is 24.4 Å². The van der Waals surface area contributed by atoms with Crippen molar-refractivity contribution < 1.29 is 17.7 Å². The third-order valence-corrected chi connectivity index (χ3v) is 5.35. The summed E-state index contributed by atoms with van der Waals surface area (Å²) in [6.45, 7) is 3.44. The van der Waals surface area contributed by atoms with Crippen LogP contribution in [0.25, 0.3) is 0 Å². The molecule has 0 spiro atoms. The number of ketones is 1. The Hall–Kier alpha value is -3.46. The summed E-state index contributed by atoms with van der Waals surface area (Å²) in [5.74, 6) is -0.0757. The Morgan fingerprint density at radius 3 is 2.36 bits per heavy atom. The van der Waals surface area contributed by atoms with E-state index < -0.39 is 10.0 Å². The number of benzene rings is 1. The number of allylic oxidation sites excluding steroid dienone is 1. The molecule has 0 amide bonds. The van der Waals surface area contributed by atoms with Crippen molar-refractivity contribution in [1.29, 1.82) is 0 Å². The zero-order chi connectivity index (χ0) is 20.1. The van der Waals surface area contributed by atoms with E-state index in [4.69, 9.17) is 4.52 Å². The molecule has 0 saturated carbocycles. The molecule has 0 aliphatic rings. The Morgan fingerprint density at radius 2 is 1.75 bits per heavy atom. The molecule has 2 aromatic heterocycles. The average Bonchev–Trinajstić information content (AvgIpc) is 3.00. The summed E-state index contributed by atoms with van der Waals surface area (Å²) in [6.07, 6.45) is 5.97. The number of pyridine rings is 1. The summed E-state index contributed by atoms with van der Waals surface area (Å²) in [7, 11) is -3.80. The van der Waals surface area contributed by atoms with E-state index >= 15 is 0 Å². The predicted octanol–water partition coefficient (Wildman–Crippen LogP) is 3.30. The number of aryl methyl sites for hydroxylation is 1. The van der Waals surface area contributed by atoms with Crippen molar-refractivity contribution in [2.24, 2.45) is 0 Å². The van der Waals surface area contributed by atoms with E-state index in [-0.39, 0.29) is 16.6 Å². The zero-order valence-corrected chi connectivity index (χ0v) is 16.0. The largest absolute Gasteiger partial charge is 0.362 e. The topological polar surface area (TPSA) is 114 Å². The van der Waals surface area contributed by atoms with Gasteiger partial charge in [0.1, 0.15) is 0 Å². The van der Waals surface area contributed by atoms with Crippen LogP contribution in [0, 0.1) is 13.8 Å². The van der Waals surface area contributed by atoms with Crippen LogP contribution in [-0.2, 0) is 10.0 Å². The molecule has 8 nitrogen and oxygen atoms in total. The van der Waals surface area contributed by atoms with Gasteiger partial charge >= 0.3 is 0 Å². The number of hydrogen-bond acceptors (Lipinski definition) is 7. The molecule has 0 aliphatic heterocycles. The smallest absolute Gasteiger partial charge is 0.264 e. The molecule has 0 saturated heterocycles. The van der Waals surface area contributed by atoms with Gasteiger partial charge < -0.3 is 9.84 Å². The Labute approximate surface area is 162 Å². The quantitative estimate of drug-likeness (QED) is 0.463. The van der Waals surface area contributed by atoms with Crippen LogP contribution in [0.3, 0.4) is 0 Å². The number of carbonyl (C=O) groups excluding carboxylic acids is 1. The van der Waals surface area contributed by atoms with E-state index in [9.17, 15) is 13.2 Å². The summed E-state index contributed by atoms with van der Waals surface area (Å²) in [6, 6.07) is 9.32. The molecule has 0 fully saturated rings. The van der Waals surface area contributed by atoms with E-state index in [1.54, 1.807) is 50.5 Å². The molecule has 0 radical (unpaired) electrons. The number of carbonyl (C=O) groups is 1. The first-order valence-electron chi connectivity index (χ1n) is 8.30. The zero-order valence-electron chi connectivity index (χ0n) is 15.2. The van der Waals surface area contributed by atoms with Crippen molar-refractivity contribution in [3.8, 4) is 0 Å². The molecule has 2 heterocycles. The van der Waals surface area contributed by atoms with Crippen molar-refractivity contribution in [3.05, 3.63) is 77.9 Å². The summed E-state index contributed by atoms with van der Waals surface area (Å²) < 4.78 is 32.3. The molecule has 144 valence electrons. The molecule has 0 aliphatic carbocycles. The van der Waals surface area contributed by atoms with Crippen LogP contribution >= 0.6 is 0 Å². The fraction of sp³-hybridized carbons (Fsp3) is 0.105. The molecule has 9 heteroatoms. The number of rotatable bonds is 7. The van der Waals surface area contributed by atoms with Gasteiger partial charge in [0.25, 0.3) is 10.0 Å². The molecule has 3 rings (SSSR count). The van der Waals surface area contributed by atoms with Gasteiger partial charge in [0.05, 0.1) is 10.6 Å². The molecule has 28 heavy (non-hydrogen) atoms. The van der Waals surface area contributed by atoms with Gasteiger partial charge in [0, 0.05) is 41.5 Å². The van der Waals surface area contributed by atoms with Crippen LogP contribution in [0.1, 0.15) is 21.6 Å². The van der Waals surface area contributed by atoms with Crippen LogP contribution in [0.5, 0.6) is 0 Å². The molecule has 0 atom stereocenters. The van der Waals surface area contributed by atoms with Crippen LogP contribution < -0.4 is 10.0 Å². The van der Waals surface area contributed by atoms with Gasteiger partial charge in [0.2, 0.25) is 5.88 Å². The van der Waals surface area contributed by atoms with Gasteiger partial charge in [-0.15, -0.1) is 0 Å². The third kappa shape index (κ3) is 4.44. The highest BCUT2D eigenvalue weighted by molar-refractivity contribution is 7.92. The Balaban J connectivity index is 1.65. The lowest BCUT2D eigenvalue weighted by atomic mass is 10.2. The van der Waals surface area contributed by atoms with Crippen LogP contribution in [-0.4, -0.2) is 24.3 Å². The maximum Gasteiger partial charge on any atom is 0.264 e. The van der Waals surface area contributed by atoms with Gasteiger partial charge in [-0.2, -0.15) is 0 Å². The lowest BCUT2D eigenvalue weighted by Gasteiger charge is -2.07. The second kappa shape index (κ2) is 8.05. The van der Waals surface area contributed by atoms with Gasteiger partial charge in [-0.3, -0.25) is 9.78 Å². The van der Waals surface area contributed by atoms with Crippen molar-refractivity contribution in [1.82, 2.24) is 10.1 Å². The summed E-state index contributed by atoms with van der Waals surface area (Å²) in [4.78, 5) is 15.9. The van der Waals surface area contributed by atoms with E-state index in [0.717, 1.165) is 0 Å². The first-order chi connectivity index (χ1) is 13.4. The van der Waals surface area contributed by atoms with E-state index in [2.05, 4.69) is 20.2 Å². The van der Waals surface area contributed by atoms with Crippen LogP contribution in [0.15, 0.2) is 70.5 Å². The molecule has 0 unspecified atom stereocenters.